The quantitative estimate of drug-likeness (QED) is 0.148. The van der Waals surface area contributed by atoms with Crippen LogP contribution in [0.2, 0.25) is 0 Å². The minimum atomic E-state index is 0.980. The monoisotopic (exact) mass is 604 g/mol. The van der Waals surface area contributed by atoms with Gasteiger partial charge in [0.2, 0.25) is 0 Å². The van der Waals surface area contributed by atoms with Crippen LogP contribution in [0.15, 0.2) is 116 Å². The van der Waals surface area contributed by atoms with E-state index < -0.39 is 0 Å². The van der Waals surface area contributed by atoms with Gasteiger partial charge in [0.25, 0.3) is 0 Å². The van der Waals surface area contributed by atoms with E-state index in [0.717, 1.165) is 26.1 Å². The van der Waals surface area contributed by atoms with Gasteiger partial charge in [-0.3, -0.25) is 4.98 Å². The first-order chi connectivity index (χ1) is 18.2. The maximum atomic E-state index is 4.83. The normalized spacial score (nSPS) is 11.5. The molecule has 0 bridgehead atoms. The number of pyridine rings is 2. The Morgan fingerprint density at radius 3 is 2.03 bits per heavy atom. The molecule has 0 amide bonds. The topological polar surface area (TPSA) is 25.8 Å². The lowest BCUT2D eigenvalue weighted by atomic mass is 9.97. The van der Waals surface area contributed by atoms with E-state index in [1.807, 2.05) is 18.5 Å². The number of hydrogen-bond acceptors (Lipinski definition) is 3. The fourth-order valence-electron chi connectivity index (χ4n) is 4.90. The van der Waals surface area contributed by atoms with Crippen LogP contribution in [0.1, 0.15) is 5.56 Å². The fourth-order valence-corrected chi connectivity index (χ4v) is 6.43. The van der Waals surface area contributed by atoms with Gasteiger partial charge in [-0.2, -0.15) is 0 Å². The number of rotatable bonds is 4. The van der Waals surface area contributed by atoms with Crippen molar-refractivity contribution in [3.8, 4) is 33.5 Å². The summed E-state index contributed by atoms with van der Waals surface area (Å²) >= 11 is 4.14. The minimum Gasteiger partial charge on any atom is -0.256 e. The van der Waals surface area contributed by atoms with Crippen molar-refractivity contribution in [3.63, 3.8) is 0 Å². The summed E-state index contributed by atoms with van der Waals surface area (Å²) in [7, 11) is 0. The van der Waals surface area contributed by atoms with Crippen LogP contribution in [0, 0.1) is 0 Å². The fraction of sp³-hybridized carbons (Fsp3) is 0.0303. The highest BCUT2D eigenvalue weighted by atomic mass is 127. The van der Waals surface area contributed by atoms with E-state index in [2.05, 4.69) is 125 Å². The molecule has 0 aliphatic carbocycles. The van der Waals surface area contributed by atoms with E-state index in [4.69, 9.17) is 4.98 Å². The number of thiophene rings is 1. The number of aromatic nitrogens is 2. The van der Waals surface area contributed by atoms with Crippen LogP contribution >= 0.6 is 33.9 Å². The predicted octanol–water partition coefficient (Wildman–Crippen LogP) is 9.93. The number of alkyl halides is 1. The molecule has 37 heavy (non-hydrogen) atoms. The summed E-state index contributed by atoms with van der Waals surface area (Å²) < 4.78 is 2.29. The van der Waals surface area contributed by atoms with Gasteiger partial charge in [-0.15, -0.1) is 11.3 Å². The zero-order valence-corrected chi connectivity index (χ0v) is 22.8. The number of benzene rings is 4. The summed E-state index contributed by atoms with van der Waals surface area (Å²) in [5.74, 6) is 0. The van der Waals surface area contributed by atoms with Crippen LogP contribution in [0.25, 0.3) is 64.6 Å². The molecular formula is C33H21IN2S. The van der Waals surface area contributed by atoms with Crippen molar-refractivity contribution in [1.29, 1.82) is 0 Å². The highest BCUT2D eigenvalue weighted by molar-refractivity contribution is 14.1. The number of halogens is 1. The van der Waals surface area contributed by atoms with Gasteiger partial charge in [-0.05, 0) is 75.5 Å². The molecule has 0 unspecified atom stereocenters. The van der Waals surface area contributed by atoms with Gasteiger partial charge in [-0.25, -0.2) is 4.98 Å². The average Bonchev–Trinajstić information content (AvgIpc) is 3.35. The van der Waals surface area contributed by atoms with E-state index in [1.165, 1.54) is 48.5 Å². The predicted molar refractivity (Wildman–Crippen MR) is 166 cm³/mol. The zero-order chi connectivity index (χ0) is 24.8. The lowest BCUT2D eigenvalue weighted by Gasteiger charge is -2.08. The van der Waals surface area contributed by atoms with Gasteiger partial charge >= 0.3 is 0 Å². The number of nitrogens with zero attached hydrogens (tertiary/aromatic N) is 2. The smallest absolute Gasteiger partial charge is 0.124 e. The number of hydrogen-bond donors (Lipinski definition) is 0. The van der Waals surface area contributed by atoms with Crippen molar-refractivity contribution in [2.24, 2.45) is 0 Å². The Bertz CT molecular complexity index is 1900. The second kappa shape index (κ2) is 9.36. The Morgan fingerprint density at radius 1 is 0.595 bits per heavy atom. The van der Waals surface area contributed by atoms with Crippen LogP contribution in [0.5, 0.6) is 0 Å². The van der Waals surface area contributed by atoms with Crippen LogP contribution in [-0.4, -0.2) is 9.97 Å². The standard InChI is InChI=1S/C33H21IN2S/c34-19-21-3-5-22(6-4-21)23-7-8-25-17-26(10-9-24(25)16-23)28-11-13-31(36-20-28)27-12-14-32-30(18-27)29-2-1-15-35-33(29)37-32/h1-18,20H,19H2. The third-order valence-corrected chi connectivity index (χ3v) is 8.90. The molecule has 0 aliphatic heterocycles. The third kappa shape index (κ3) is 4.20. The molecular weight excluding hydrogens is 583 g/mol. The van der Waals surface area contributed by atoms with E-state index in [-0.39, 0.29) is 0 Å². The van der Waals surface area contributed by atoms with Crippen LogP contribution in [0.4, 0.5) is 0 Å². The molecule has 4 aromatic carbocycles. The molecule has 0 radical (unpaired) electrons. The van der Waals surface area contributed by atoms with Gasteiger partial charge in [0.15, 0.2) is 0 Å². The maximum Gasteiger partial charge on any atom is 0.124 e. The Labute approximate surface area is 232 Å². The minimum absolute atomic E-state index is 0.980. The molecule has 0 fully saturated rings. The Hall–Kier alpha value is -3.61. The van der Waals surface area contributed by atoms with Gasteiger partial charge in [-0.1, -0.05) is 83.3 Å². The van der Waals surface area contributed by atoms with Gasteiger partial charge in [0, 0.05) is 43.4 Å². The first-order valence-corrected chi connectivity index (χ1v) is 14.5. The molecule has 7 aromatic rings. The van der Waals surface area contributed by atoms with E-state index >= 15 is 0 Å². The number of fused-ring (bicyclic) bond motifs is 4. The molecule has 0 N–H and O–H groups in total. The molecule has 0 saturated heterocycles. The van der Waals surface area contributed by atoms with Gasteiger partial charge < -0.3 is 0 Å². The van der Waals surface area contributed by atoms with Crippen LogP contribution < -0.4 is 0 Å². The zero-order valence-electron chi connectivity index (χ0n) is 19.9. The van der Waals surface area contributed by atoms with Crippen molar-refractivity contribution in [2.75, 3.05) is 0 Å². The lowest BCUT2D eigenvalue weighted by molar-refractivity contribution is 1.33. The molecule has 7 rings (SSSR count). The first-order valence-electron chi connectivity index (χ1n) is 12.2. The van der Waals surface area contributed by atoms with Gasteiger partial charge in [0.05, 0.1) is 5.69 Å². The highest BCUT2D eigenvalue weighted by Gasteiger charge is 2.09. The summed E-state index contributed by atoms with van der Waals surface area (Å²) in [5.41, 5.74) is 8.26. The maximum absolute atomic E-state index is 4.83. The summed E-state index contributed by atoms with van der Waals surface area (Å²) in [4.78, 5) is 10.4. The Morgan fingerprint density at radius 2 is 1.30 bits per heavy atom. The summed E-state index contributed by atoms with van der Waals surface area (Å²) in [6.45, 7) is 0. The van der Waals surface area contributed by atoms with Crippen molar-refractivity contribution in [3.05, 3.63) is 121 Å². The van der Waals surface area contributed by atoms with Crippen molar-refractivity contribution in [2.45, 2.75) is 4.43 Å². The van der Waals surface area contributed by atoms with E-state index in [1.54, 1.807) is 11.3 Å². The lowest BCUT2D eigenvalue weighted by Crippen LogP contribution is -1.86. The van der Waals surface area contributed by atoms with Crippen molar-refractivity contribution >= 4 is 65.0 Å². The molecule has 3 aromatic heterocycles. The molecule has 4 heteroatoms. The largest absolute Gasteiger partial charge is 0.256 e. The van der Waals surface area contributed by atoms with Crippen LogP contribution in [0.3, 0.4) is 0 Å². The van der Waals surface area contributed by atoms with Gasteiger partial charge in [0.1, 0.15) is 4.83 Å². The second-order valence-electron chi connectivity index (χ2n) is 9.21. The molecule has 2 nitrogen and oxygen atoms in total. The third-order valence-electron chi connectivity index (χ3n) is 6.92. The van der Waals surface area contributed by atoms with Crippen molar-refractivity contribution in [1.82, 2.24) is 9.97 Å². The molecule has 0 atom stereocenters. The molecule has 176 valence electrons. The summed E-state index contributed by atoms with van der Waals surface area (Å²) in [6.07, 6.45) is 3.84. The second-order valence-corrected chi connectivity index (χ2v) is 11.0. The molecule has 3 heterocycles. The van der Waals surface area contributed by atoms with Crippen molar-refractivity contribution < 1.29 is 0 Å². The van der Waals surface area contributed by atoms with Crippen LogP contribution in [-0.2, 0) is 4.43 Å². The Kier molecular flexibility index (Phi) is 5.71. The molecule has 0 spiro atoms. The SMILES string of the molecule is ICc1ccc(-c2ccc3cc(-c4ccc(-c5ccc6sc7ncccc7c6c5)nc4)ccc3c2)cc1. The first kappa shape index (κ1) is 22.6. The van der Waals surface area contributed by atoms with E-state index in [0.29, 0.717) is 0 Å². The molecule has 0 saturated carbocycles. The average molecular weight is 605 g/mol. The Balaban J connectivity index is 1.19. The summed E-state index contributed by atoms with van der Waals surface area (Å²) in [6, 6.07) is 37.2. The molecule has 0 aliphatic rings. The highest BCUT2D eigenvalue weighted by Crippen LogP contribution is 2.35. The van der Waals surface area contributed by atoms with E-state index in [9.17, 15) is 0 Å². The summed E-state index contributed by atoms with van der Waals surface area (Å²) in [5, 5.41) is 4.93.